The van der Waals surface area contributed by atoms with Gasteiger partial charge in [-0.1, -0.05) is 26.0 Å². The largest absolute Gasteiger partial charge is 0.493 e. The number of ether oxygens (including phenoxy) is 1. The van der Waals surface area contributed by atoms with Crippen molar-refractivity contribution < 1.29 is 9.53 Å². The molecule has 0 radical (unpaired) electrons. The lowest BCUT2D eigenvalue weighted by molar-refractivity contribution is -0.118. The highest BCUT2D eigenvalue weighted by atomic mass is 16.5. The first kappa shape index (κ1) is 13.6. The van der Waals surface area contributed by atoms with Gasteiger partial charge >= 0.3 is 0 Å². The maximum atomic E-state index is 10.6. The van der Waals surface area contributed by atoms with Gasteiger partial charge in [-0.25, -0.2) is 0 Å². The van der Waals surface area contributed by atoms with Crippen LogP contribution in [0.3, 0.4) is 0 Å². The van der Waals surface area contributed by atoms with Crippen molar-refractivity contribution >= 4 is 5.91 Å². The summed E-state index contributed by atoms with van der Waals surface area (Å²) in [5.41, 5.74) is 6.38. The summed E-state index contributed by atoms with van der Waals surface area (Å²) in [6.45, 7) is 4.75. The second kappa shape index (κ2) is 6.94. The predicted octanol–water partition coefficient (Wildman–Crippen LogP) is 2.84. The zero-order chi connectivity index (χ0) is 12.7. The maximum absolute atomic E-state index is 10.6. The Labute approximate surface area is 103 Å². The van der Waals surface area contributed by atoms with Crippen molar-refractivity contribution in [1.82, 2.24) is 0 Å². The van der Waals surface area contributed by atoms with Crippen LogP contribution in [-0.4, -0.2) is 12.5 Å². The Kier molecular flexibility index (Phi) is 5.53. The van der Waals surface area contributed by atoms with Gasteiger partial charge in [-0.3, -0.25) is 4.79 Å². The van der Waals surface area contributed by atoms with Crippen LogP contribution in [-0.2, 0) is 4.79 Å². The van der Waals surface area contributed by atoms with Gasteiger partial charge in [-0.15, -0.1) is 0 Å². The first-order valence-electron chi connectivity index (χ1n) is 6.18. The van der Waals surface area contributed by atoms with Crippen LogP contribution < -0.4 is 10.5 Å². The van der Waals surface area contributed by atoms with Crippen LogP contribution >= 0.6 is 0 Å². The third kappa shape index (κ3) is 4.47. The van der Waals surface area contributed by atoms with Gasteiger partial charge in [0.25, 0.3) is 0 Å². The number of hydrogen-bond donors (Lipinski definition) is 1. The molecule has 0 spiro atoms. The summed E-state index contributed by atoms with van der Waals surface area (Å²) < 4.78 is 5.42. The molecule has 0 aromatic heterocycles. The second-order valence-corrected chi connectivity index (χ2v) is 4.15. The molecular formula is C14H21NO2. The van der Waals surface area contributed by atoms with E-state index < -0.39 is 0 Å². The summed E-state index contributed by atoms with van der Waals surface area (Å²) >= 11 is 0. The Hall–Kier alpha value is -1.51. The van der Waals surface area contributed by atoms with Crippen LogP contribution in [0.2, 0.25) is 0 Å². The van der Waals surface area contributed by atoms with Crippen LogP contribution in [0.15, 0.2) is 24.3 Å². The number of hydrogen-bond acceptors (Lipinski definition) is 2. The van der Waals surface area contributed by atoms with Gasteiger partial charge in [0.1, 0.15) is 5.75 Å². The summed E-state index contributed by atoms with van der Waals surface area (Å²) in [6, 6.07) is 8.10. The molecule has 3 heteroatoms. The smallest absolute Gasteiger partial charge is 0.220 e. The minimum atomic E-state index is -0.335. The average Bonchev–Trinajstić information content (AvgIpc) is 2.32. The lowest BCUT2D eigenvalue weighted by atomic mass is 9.94. The molecule has 94 valence electrons. The highest BCUT2D eigenvalue weighted by Gasteiger charge is 2.06. The second-order valence-electron chi connectivity index (χ2n) is 4.15. The molecule has 3 nitrogen and oxygen atoms in total. The molecule has 1 aromatic carbocycles. The zero-order valence-electron chi connectivity index (χ0n) is 10.6. The molecule has 1 rings (SSSR count). The predicted molar refractivity (Wildman–Crippen MR) is 69.1 cm³/mol. The van der Waals surface area contributed by atoms with Crippen LogP contribution in [0.4, 0.5) is 0 Å². The van der Waals surface area contributed by atoms with Crippen LogP contribution in [0.1, 0.15) is 44.6 Å². The number of carbonyl (C=O) groups is 1. The third-order valence-electron chi connectivity index (χ3n) is 2.95. The molecule has 0 bridgehead atoms. The van der Waals surface area contributed by atoms with Crippen molar-refractivity contribution in [2.24, 2.45) is 5.73 Å². The van der Waals surface area contributed by atoms with E-state index in [0.29, 0.717) is 12.5 Å². The Morgan fingerprint density at radius 2 is 1.82 bits per heavy atom. The van der Waals surface area contributed by atoms with Gasteiger partial charge in [-0.2, -0.15) is 0 Å². The highest BCUT2D eigenvalue weighted by Crippen LogP contribution is 2.24. The fourth-order valence-electron chi connectivity index (χ4n) is 1.87. The lowest BCUT2D eigenvalue weighted by Crippen LogP contribution is -2.14. The van der Waals surface area contributed by atoms with Crippen molar-refractivity contribution in [3.05, 3.63) is 29.8 Å². The van der Waals surface area contributed by atoms with Gasteiger partial charge in [0, 0.05) is 0 Å². The number of nitrogens with two attached hydrogens (primary N) is 1. The van der Waals surface area contributed by atoms with Gasteiger partial charge in [0.15, 0.2) is 0 Å². The number of primary amides is 1. The number of carbonyl (C=O) groups excluding carboxylic acids is 1. The maximum Gasteiger partial charge on any atom is 0.220 e. The minimum absolute atomic E-state index is 0.258. The molecule has 1 amide bonds. The van der Waals surface area contributed by atoms with Crippen molar-refractivity contribution in [3.8, 4) is 5.75 Å². The Morgan fingerprint density at radius 1 is 1.24 bits per heavy atom. The first-order valence-corrected chi connectivity index (χ1v) is 6.18. The van der Waals surface area contributed by atoms with Gasteiger partial charge in [-0.05, 0) is 36.5 Å². The molecule has 0 saturated carbocycles. The van der Waals surface area contributed by atoms with Crippen molar-refractivity contribution in [3.63, 3.8) is 0 Å². The standard InChI is InChI=1S/C14H21NO2/c1-3-11(4-2)12-5-7-13(8-6-12)17-10-9-14(15)16/h5-8,11H,3-4,9-10H2,1-2H3,(H2,15,16). The molecule has 2 N–H and O–H groups in total. The number of amides is 1. The molecule has 17 heavy (non-hydrogen) atoms. The molecule has 0 fully saturated rings. The zero-order valence-corrected chi connectivity index (χ0v) is 10.6. The molecule has 0 saturated heterocycles. The Morgan fingerprint density at radius 3 is 2.29 bits per heavy atom. The van der Waals surface area contributed by atoms with E-state index in [1.807, 2.05) is 12.1 Å². The molecule has 0 atom stereocenters. The van der Waals surface area contributed by atoms with E-state index in [2.05, 4.69) is 26.0 Å². The van der Waals surface area contributed by atoms with Crippen molar-refractivity contribution in [1.29, 1.82) is 0 Å². The van der Waals surface area contributed by atoms with Gasteiger partial charge in [0.2, 0.25) is 5.91 Å². The van der Waals surface area contributed by atoms with Crippen LogP contribution in [0, 0.1) is 0 Å². The fraction of sp³-hybridized carbons (Fsp3) is 0.500. The summed E-state index contributed by atoms with van der Waals surface area (Å²) in [5, 5.41) is 0. The molecule has 0 aliphatic rings. The molecule has 0 aliphatic carbocycles. The lowest BCUT2D eigenvalue weighted by Gasteiger charge is -2.13. The van der Waals surface area contributed by atoms with Gasteiger partial charge < -0.3 is 10.5 Å². The van der Waals surface area contributed by atoms with E-state index in [0.717, 1.165) is 18.6 Å². The van der Waals surface area contributed by atoms with Crippen molar-refractivity contribution in [2.45, 2.75) is 39.0 Å². The Balaban J connectivity index is 2.52. The van der Waals surface area contributed by atoms with Gasteiger partial charge in [0.05, 0.1) is 13.0 Å². The van der Waals surface area contributed by atoms with E-state index in [1.165, 1.54) is 5.56 Å². The summed E-state index contributed by atoms with van der Waals surface area (Å²) in [6.07, 6.45) is 2.56. The van der Waals surface area contributed by atoms with E-state index in [1.54, 1.807) is 0 Å². The third-order valence-corrected chi connectivity index (χ3v) is 2.95. The molecule has 0 unspecified atom stereocenters. The quantitative estimate of drug-likeness (QED) is 0.790. The van der Waals surface area contributed by atoms with Crippen LogP contribution in [0.25, 0.3) is 0 Å². The fourth-order valence-corrected chi connectivity index (χ4v) is 1.87. The number of benzene rings is 1. The monoisotopic (exact) mass is 235 g/mol. The Bertz CT molecular complexity index is 342. The summed E-state index contributed by atoms with van der Waals surface area (Å²) in [7, 11) is 0. The SMILES string of the molecule is CCC(CC)c1ccc(OCCC(N)=O)cc1. The number of rotatable bonds is 7. The summed E-state index contributed by atoms with van der Waals surface area (Å²) in [4.78, 5) is 10.6. The molecular weight excluding hydrogens is 214 g/mol. The van der Waals surface area contributed by atoms with Crippen LogP contribution in [0.5, 0.6) is 5.75 Å². The average molecular weight is 235 g/mol. The van der Waals surface area contributed by atoms with E-state index in [4.69, 9.17) is 10.5 Å². The van der Waals surface area contributed by atoms with E-state index in [9.17, 15) is 4.79 Å². The highest BCUT2D eigenvalue weighted by molar-refractivity contribution is 5.73. The molecule has 1 aromatic rings. The van der Waals surface area contributed by atoms with E-state index >= 15 is 0 Å². The molecule has 0 aliphatic heterocycles. The first-order chi connectivity index (χ1) is 8.17. The van der Waals surface area contributed by atoms with E-state index in [-0.39, 0.29) is 12.3 Å². The van der Waals surface area contributed by atoms with Crippen molar-refractivity contribution in [2.75, 3.05) is 6.61 Å². The topological polar surface area (TPSA) is 52.3 Å². The molecule has 0 heterocycles. The summed E-state index contributed by atoms with van der Waals surface area (Å²) in [5.74, 6) is 1.08. The minimum Gasteiger partial charge on any atom is -0.493 e. The normalized spacial score (nSPS) is 10.5.